The molecular formula is C30H44O3. The maximum Gasteiger partial charge on any atom is 0.312 e. The second kappa shape index (κ2) is 7.82. The van der Waals surface area contributed by atoms with Crippen molar-refractivity contribution in [2.45, 2.75) is 109 Å². The van der Waals surface area contributed by atoms with Crippen molar-refractivity contribution >= 4 is 11.8 Å². The number of ketones is 1. The Kier molecular flexibility index (Phi) is 5.08. The molecule has 0 aromatic heterocycles. The Labute approximate surface area is 200 Å². The van der Waals surface area contributed by atoms with E-state index in [4.69, 9.17) is 4.74 Å². The summed E-state index contributed by atoms with van der Waals surface area (Å²) < 4.78 is 6.04. The number of hydrogen-bond acceptors (Lipinski definition) is 3. The van der Waals surface area contributed by atoms with Crippen molar-refractivity contribution in [3.63, 3.8) is 0 Å². The van der Waals surface area contributed by atoms with Crippen molar-refractivity contribution in [3.05, 3.63) is 0 Å². The average molecular weight is 453 g/mol. The summed E-state index contributed by atoms with van der Waals surface area (Å²) >= 11 is 0. The van der Waals surface area contributed by atoms with E-state index < -0.39 is 0 Å². The topological polar surface area (TPSA) is 43.4 Å². The van der Waals surface area contributed by atoms with Crippen molar-refractivity contribution in [2.24, 2.45) is 58.2 Å². The van der Waals surface area contributed by atoms with Gasteiger partial charge in [0.25, 0.3) is 0 Å². The molecule has 9 aliphatic rings. The van der Waals surface area contributed by atoms with Gasteiger partial charge in [0, 0.05) is 11.8 Å². The van der Waals surface area contributed by atoms with E-state index in [9.17, 15) is 9.59 Å². The highest BCUT2D eigenvalue weighted by atomic mass is 16.5. The van der Waals surface area contributed by atoms with Crippen LogP contribution in [0.5, 0.6) is 0 Å². The van der Waals surface area contributed by atoms with E-state index in [0.29, 0.717) is 24.2 Å². The molecule has 9 rings (SSSR count). The zero-order valence-electron chi connectivity index (χ0n) is 20.6. The molecule has 0 N–H and O–H groups in total. The van der Waals surface area contributed by atoms with Crippen molar-refractivity contribution in [1.82, 2.24) is 0 Å². The van der Waals surface area contributed by atoms with Gasteiger partial charge in [0.2, 0.25) is 0 Å². The second-order valence-electron chi connectivity index (χ2n) is 14.5. The number of ether oxygens (including phenoxy) is 1. The van der Waals surface area contributed by atoms with Crippen LogP contribution in [0, 0.1) is 58.2 Å². The van der Waals surface area contributed by atoms with Crippen LogP contribution in [0.3, 0.4) is 0 Å². The van der Waals surface area contributed by atoms with Gasteiger partial charge < -0.3 is 4.74 Å². The Morgan fingerprint density at radius 2 is 0.970 bits per heavy atom. The van der Waals surface area contributed by atoms with E-state index in [0.717, 1.165) is 86.9 Å². The highest BCUT2D eigenvalue weighted by Crippen LogP contribution is 2.62. The predicted octanol–water partition coefficient (Wildman–Crippen LogP) is 6.73. The summed E-state index contributed by atoms with van der Waals surface area (Å²) in [6.07, 6.45) is 20.8. The summed E-state index contributed by atoms with van der Waals surface area (Å²) in [5.41, 5.74) is -0.0325. The van der Waals surface area contributed by atoms with E-state index in [1.165, 1.54) is 57.8 Å². The van der Waals surface area contributed by atoms with Crippen LogP contribution in [-0.4, -0.2) is 18.4 Å². The number of carbonyl (C=O) groups excluding carboxylic acids is 2. The van der Waals surface area contributed by atoms with Crippen LogP contribution in [0.15, 0.2) is 0 Å². The summed E-state index contributed by atoms with van der Waals surface area (Å²) in [5, 5.41) is 0. The zero-order valence-corrected chi connectivity index (χ0v) is 20.6. The second-order valence-corrected chi connectivity index (χ2v) is 14.5. The minimum absolute atomic E-state index is 0.0823. The van der Waals surface area contributed by atoms with Gasteiger partial charge in [-0.3, -0.25) is 9.59 Å². The number of esters is 1. The summed E-state index contributed by atoms with van der Waals surface area (Å²) in [5.74, 6) is 6.87. The van der Waals surface area contributed by atoms with Crippen molar-refractivity contribution < 1.29 is 14.3 Å². The first-order valence-corrected chi connectivity index (χ1v) is 14.7. The highest BCUT2D eigenvalue weighted by molar-refractivity contribution is 5.85. The van der Waals surface area contributed by atoms with E-state index in [2.05, 4.69) is 0 Å². The molecule has 0 saturated heterocycles. The summed E-state index contributed by atoms with van der Waals surface area (Å²) in [4.78, 5) is 26.7. The maximum absolute atomic E-state index is 13.5. The Morgan fingerprint density at radius 1 is 0.576 bits per heavy atom. The van der Waals surface area contributed by atoms with Crippen LogP contribution in [0.4, 0.5) is 0 Å². The predicted molar refractivity (Wildman–Crippen MR) is 127 cm³/mol. The van der Waals surface area contributed by atoms with Gasteiger partial charge in [-0.2, -0.15) is 0 Å². The molecule has 8 bridgehead atoms. The van der Waals surface area contributed by atoms with Crippen molar-refractivity contribution in [3.8, 4) is 0 Å². The summed E-state index contributed by atoms with van der Waals surface area (Å²) in [6.45, 7) is 0.635. The van der Waals surface area contributed by atoms with Gasteiger partial charge in [0.1, 0.15) is 5.78 Å². The third-order valence-electron chi connectivity index (χ3n) is 12.0. The number of Topliss-reactive ketones (excluding diaryl/α,β-unsaturated/α-hetero) is 1. The molecule has 33 heavy (non-hydrogen) atoms. The van der Waals surface area contributed by atoms with Gasteiger partial charge in [-0.15, -0.1) is 0 Å². The van der Waals surface area contributed by atoms with Crippen LogP contribution < -0.4 is 0 Å². The molecule has 182 valence electrons. The van der Waals surface area contributed by atoms with Gasteiger partial charge in [-0.1, -0.05) is 0 Å². The Hall–Kier alpha value is -0.860. The van der Waals surface area contributed by atoms with E-state index in [1.807, 2.05) is 0 Å². The molecule has 0 atom stereocenters. The first-order valence-electron chi connectivity index (χ1n) is 14.7. The molecule has 9 fully saturated rings. The normalized spacial score (nSPS) is 51.6. The van der Waals surface area contributed by atoms with Crippen molar-refractivity contribution in [2.75, 3.05) is 6.61 Å². The van der Waals surface area contributed by atoms with Crippen LogP contribution in [0.1, 0.15) is 109 Å². The van der Waals surface area contributed by atoms with Gasteiger partial charge in [0.05, 0.1) is 12.0 Å². The van der Waals surface area contributed by atoms with Crippen LogP contribution in [0.2, 0.25) is 0 Å². The molecule has 0 heterocycles. The third-order valence-corrected chi connectivity index (χ3v) is 12.0. The van der Waals surface area contributed by atoms with Gasteiger partial charge in [0.15, 0.2) is 0 Å². The monoisotopic (exact) mass is 452 g/mol. The number of carbonyl (C=O) groups is 2. The molecule has 3 heteroatoms. The first-order chi connectivity index (χ1) is 16.0. The molecule has 9 aliphatic carbocycles. The molecule has 0 amide bonds. The molecule has 0 aromatic carbocycles. The van der Waals surface area contributed by atoms with E-state index in [1.54, 1.807) is 0 Å². The third kappa shape index (κ3) is 3.74. The fourth-order valence-electron chi connectivity index (χ4n) is 11.2. The Bertz CT molecular complexity index is 733. The Morgan fingerprint density at radius 3 is 1.42 bits per heavy atom. The lowest BCUT2D eigenvalue weighted by Gasteiger charge is -2.56. The number of rotatable bonds is 6. The largest absolute Gasteiger partial charge is 0.465 e. The van der Waals surface area contributed by atoms with Crippen LogP contribution in [0.25, 0.3) is 0 Å². The minimum atomic E-state index is -0.115. The molecule has 0 aromatic rings. The van der Waals surface area contributed by atoms with Gasteiger partial charge >= 0.3 is 5.97 Å². The lowest BCUT2D eigenvalue weighted by atomic mass is 9.48. The molecule has 0 unspecified atom stereocenters. The van der Waals surface area contributed by atoms with Gasteiger partial charge in [-0.25, -0.2) is 0 Å². The lowest BCUT2D eigenvalue weighted by molar-refractivity contribution is -0.173. The standard InChI is InChI=1S/C30H44O3/c31-27(29-12-21-5-22(13-29)7-23(6-21)14-29)11-19-1-3-20(4-2-19)18-33-28(32)30-15-24-8-25(16-30)10-26(9-24)17-30/h19-26H,1-18H2. The van der Waals surface area contributed by atoms with Crippen LogP contribution in [-0.2, 0) is 14.3 Å². The number of hydrogen-bond donors (Lipinski definition) is 0. The van der Waals surface area contributed by atoms with Gasteiger partial charge in [-0.05, 0) is 150 Å². The minimum Gasteiger partial charge on any atom is -0.465 e. The fourth-order valence-corrected chi connectivity index (χ4v) is 11.2. The lowest BCUT2D eigenvalue weighted by Crippen LogP contribution is -2.50. The summed E-state index contributed by atoms with van der Waals surface area (Å²) in [6, 6.07) is 0. The van der Waals surface area contributed by atoms with E-state index in [-0.39, 0.29) is 16.8 Å². The Balaban J connectivity index is 0.892. The SMILES string of the molecule is O=C(CC1CCC(COC(=O)C23CC4CC(CC(C4)C2)C3)CC1)C12CC3CC(CC(C3)C1)C2. The highest BCUT2D eigenvalue weighted by Gasteiger charge is 2.56. The molecule has 0 spiro atoms. The molecule has 3 nitrogen and oxygen atoms in total. The average Bonchev–Trinajstić information content (AvgIpc) is 2.76. The molecular weight excluding hydrogens is 408 g/mol. The maximum atomic E-state index is 13.5. The molecule has 0 aliphatic heterocycles. The fraction of sp³-hybridized carbons (Fsp3) is 0.933. The first kappa shape index (κ1) is 21.4. The van der Waals surface area contributed by atoms with E-state index >= 15 is 0 Å². The zero-order chi connectivity index (χ0) is 22.2. The van der Waals surface area contributed by atoms with Crippen molar-refractivity contribution in [1.29, 1.82) is 0 Å². The van der Waals surface area contributed by atoms with Crippen LogP contribution >= 0.6 is 0 Å². The molecule has 9 saturated carbocycles. The summed E-state index contributed by atoms with van der Waals surface area (Å²) in [7, 11) is 0. The molecule has 0 radical (unpaired) electrons. The quantitative estimate of drug-likeness (QED) is 0.420. The smallest absolute Gasteiger partial charge is 0.312 e.